The third kappa shape index (κ3) is 3.80. The molecule has 1 N–H and O–H groups in total. The predicted molar refractivity (Wildman–Crippen MR) is 73.0 cm³/mol. The molecule has 0 heterocycles. The molecule has 0 radical (unpaired) electrons. The van der Waals surface area contributed by atoms with Crippen molar-refractivity contribution in [1.82, 2.24) is 0 Å². The average Bonchev–Trinajstić information content (AvgIpc) is 2.26. The fourth-order valence-electron chi connectivity index (χ4n) is 1.51. The normalized spacial score (nSPS) is 13.2. The molecular formula is C12H16O6S2. The summed E-state index contributed by atoms with van der Waals surface area (Å²) in [6.45, 7) is 2.63. The monoisotopic (exact) mass is 320 g/mol. The van der Waals surface area contributed by atoms with Crippen LogP contribution in [0.4, 0.5) is 0 Å². The van der Waals surface area contributed by atoms with E-state index in [1.165, 1.54) is 38.1 Å². The van der Waals surface area contributed by atoms with Crippen LogP contribution in [-0.2, 0) is 24.5 Å². The highest BCUT2D eigenvalue weighted by Gasteiger charge is 2.34. The van der Waals surface area contributed by atoms with Crippen molar-refractivity contribution in [2.45, 2.75) is 23.6 Å². The smallest absolute Gasteiger partial charge is 0.310 e. The molecule has 0 amide bonds. The van der Waals surface area contributed by atoms with Gasteiger partial charge in [0, 0.05) is 6.26 Å². The molecule has 1 rings (SSSR count). The van der Waals surface area contributed by atoms with Gasteiger partial charge in [0.05, 0.1) is 21.0 Å². The van der Waals surface area contributed by atoms with Crippen LogP contribution in [-0.4, -0.2) is 39.9 Å². The maximum atomic E-state index is 12.1. The maximum absolute atomic E-state index is 12.1. The Hall–Kier alpha value is -1.41. The lowest BCUT2D eigenvalue weighted by atomic mass is 9.97. The van der Waals surface area contributed by atoms with Gasteiger partial charge in [0.15, 0.2) is 19.7 Å². The molecule has 0 aromatic heterocycles. The number of benzene rings is 1. The fraction of sp³-hybridized carbons (Fsp3) is 0.417. The van der Waals surface area contributed by atoms with Gasteiger partial charge in [-0.15, -0.1) is 0 Å². The Kier molecular flexibility index (Phi) is 4.31. The number of carbonyl (C=O) groups is 1. The van der Waals surface area contributed by atoms with Crippen LogP contribution in [0.3, 0.4) is 0 Å². The minimum Gasteiger partial charge on any atom is -0.481 e. The zero-order chi connectivity index (χ0) is 15.8. The van der Waals surface area contributed by atoms with Crippen LogP contribution in [0.2, 0.25) is 0 Å². The second-order valence-electron chi connectivity index (χ2n) is 5.19. The molecule has 112 valence electrons. The lowest BCUT2D eigenvalue weighted by Gasteiger charge is -2.18. The van der Waals surface area contributed by atoms with E-state index in [9.17, 15) is 21.6 Å². The molecule has 8 heteroatoms. The Morgan fingerprint density at radius 2 is 1.45 bits per heavy atom. The number of carboxylic acids is 1. The summed E-state index contributed by atoms with van der Waals surface area (Å²) >= 11 is 0. The van der Waals surface area contributed by atoms with E-state index in [0.717, 1.165) is 6.26 Å². The van der Waals surface area contributed by atoms with Crippen molar-refractivity contribution < 1.29 is 26.7 Å². The van der Waals surface area contributed by atoms with E-state index >= 15 is 0 Å². The maximum Gasteiger partial charge on any atom is 0.310 e. The van der Waals surface area contributed by atoms with Crippen LogP contribution < -0.4 is 0 Å². The minimum absolute atomic E-state index is 0.00828. The average molecular weight is 320 g/mol. The summed E-state index contributed by atoms with van der Waals surface area (Å²) in [7, 11) is -7.20. The van der Waals surface area contributed by atoms with E-state index in [0.29, 0.717) is 0 Å². The molecule has 0 saturated carbocycles. The molecular weight excluding hydrogens is 304 g/mol. The number of hydrogen-bond acceptors (Lipinski definition) is 5. The summed E-state index contributed by atoms with van der Waals surface area (Å²) in [4.78, 5) is 10.9. The van der Waals surface area contributed by atoms with Crippen molar-refractivity contribution in [3.63, 3.8) is 0 Å². The Morgan fingerprint density at radius 1 is 1.05 bits per heavy atom. The van der Waals surface area contributed by atoms with Crippen molar-refractivity contribution in [2.24, 2.45) is 5.41 Å². The molecule has 0 spiro atoms. The Morgan fingerprint density at radius 3 is 1.80 bits per heavy atom. The van der Waals surface area contributed by atoms with Gasteiger partial charge < -0.3 is 5.11 Å². The molecule has 0 atom stereocenters. The Bertz CT molecular complexity index is 712. The molecule has 0 fully saturated rings. The zero-order valence-electron chi connectivity index (χ0n) is 11.3. The van der Waals surface area contributed by atoms with Crippen molar-refractivity contribution >= 4 is 25.6 Å². The molecule has 1 aromatic carbocycles. The highest BCUT2D eigenvalue weighted by molar-refractivity contribution is 7.91. The lowest BCUT2D eigenvalue weighted by Crippen LogP contribution is -2.32. The van der Waals surface area contributed by atoms with Crippen LogP contribution in [0.15, 0.2) is 34.1 Å². The van der Waals surface area contributed by atoms with Crippen molar-refractivity contribution in [2.75, 3.05) is 12.0 Å². The number of rotatable bonds is 5. The van der Waals surface area contributed by atoms with Gasteiger partial charge in [-0.1, -0.05) is 0 Å². The summed E-state index contributed by atoms with van der Waals surface area (Å²) in [5.74, 6) is -1.78. The standard InChI is InChI=1S/C12H16O6S2/c1-12(2,11(13)14)8-20(17,18)10-6-4-9(5-7-10)19(3,15)16/h4-7H,8H2,1-3H3,(H,13,14). The first-order valence-electron chi connectivity index (χ1n) is 5.62. The lowest BCUT2D eigenvalue weighted by molar-refractivity contribution is -0.145. The second-order valence-corrected chi connectivity index (χ2v) is 9.20. The summed E-state index contributed by atoms with van der Waals surface area (Å²) in [5.41, 5.74) is -1.42. The van der Waals surface area contributed by atoms with Crippen LogP contribution in [0.1, 0.15) is 13.8 Å². The second kappa shape index (κ2) is 5.17. The molecule has 0 bridgehead atoms. The van der Waals surface area contributed by atoms with Crippen molar-refractivity contribution in [1.29, 1.82) is 0 Å². The van der Waals surface area contributed by atoms with Crippen LogP contribution >= 0.6 is 0 Å². The molecule has 0 aliphatic heterocycles. The zero-order valence-corrected chi connectivity index (χ0v) is 13.0. The largest absolute Gasteiger partial charge is 0.481 e. The summed E-state index contributed by atoms with van der Waals surface area (Å²) in [5, 5.41) is 8.96. The summed E-state index contributed by atoms with van der Waals surface area (Å²) in [6.07, 6.45) is 1.02. The molecule has 20 heavy (non-hydrogen) atoms. The first-order chi connectivity index (χ1) is 8.86. The SMILES string of the molecule is CC(C)(CS(=O)(=O)c1ccc(S(C)(=O)=O)cc1)C(=O)O. The van der Waals surface area contributed by atoms with Gasteiger partial charge in [-0.05, 0) is 38.1 Å². The highest BCUT2D eigenvalue weighted by Crippen LogP contribution is 2.24. The quantitative estimate of drug-likeness (QED) is 0.866. The summed E-state index contributed by atoms with van der Waals surface area (Å²) in [6, 6.07) is 4.72. The van der Waals surface area contributed by atoms with Gasteiger partial charge in [-0.3, -0.25) is 4.79 Å². The van der Waals surface area contributed by atoms with Crippen LogP contribution in [0.25, 0.3) is 0 Å². The molecule has 0 aliphatic rings. The van der Waals surface area contributed by atoms with Gasteiger partial charge in [0.2, 0.25) is 0 Å². The summed E-state index contributed by atoms with van der Waals surface area (Å²) < 4.78 is 46.8. The third-order valence-corrected chi connectivity index (χ3v) is 5.96. The van der Waals surface area contributed by atoms with Crippen LogP contribution in [0, 0.1) is 5.41 Å². The van der Waals surface area contributed by atoms with Gasteiger partial charge >= 0.3 is 5.97 Å². The first kappa shape index (κ1) is 16.6. The number of sulfone groups is 2. The first-order valence-corrected chi connectivity index (χ1v) is 9.17. The van der Waals surface area contributed by atoms with Crippen molar-refractivity contribution in [3.05, 3.63) is 24.3 Å². The fourth-order valence-corrected chi connectivity index (χ4v) is 3.94. The van der Waals surface area contributed by atoms with E-state index in [1.54, 1.807) is 0 Å². The predicted octanol–water partition coefficient (Wildman–Crippen LogP) is 0.975. The van der Waals surface area contributed by atoms with E-state index < -0.39 is 36.8 Å². The number of carboxylic acid groups (broad SMARTS) is 1. The van der Waals surface area contributed by atoms with E-state index in [-0.39, 0.29) is 9.79 Å². The molecule has 1 aromatic rings. The molecule has 0 aliphatic carbocycles. The van der Waals surface area contributed by atoms with E-state index in [1.807, 2.05) is 0 Å². The Balaban J connectivity index is 3.15. The Labute approximate surface area is 118 Å². The van der Waals surface area contributed by atoms with E-state index in [2.05, 4.69) is 0 Å². The molecule has 0 unspecified atom stereocenters. The van der Waals surface area contributed by atoms with Gasteiger partial charge in [0.25, 0.3) is 0 Å². The van der Waals surface area contributed by atoms with Gasteiger partial charge in [-0.25, -0.2) is 16.8 Å². The van der Waals surface area contributed by atoms with Crippen molar-refractivity contribution in [3.8, 4) is 0 Å². The van der Waals surface area contributed by atoms with E-state index in [4.69, 9.17) is 5.11 Å². The minimum atomic E-state index is -3.80. The van der Waals surface area contributed by atoms with Gasteiger partial charge in [-0.2, -0.15) is 0 Å². The van der Waals surface area contributed by atoms with Gasteiger partial charge in [0.1, 0.15) is 0 Å². The third-order valence-electron chi connectivity index (χ3n) is 2.74. The highest BCUT2D eigenvalue weighted by atomic mass is 32.2. The molecule has 0 saturated heterocycles. The number of hydrogen-bond donors (Lipinski definition) is 1. The topological polar surface area (TPSA) is 106 Å². The number of aliphatic carboxylic acids is 1. The van der Waals surface area contributed by atoms with Crippen LogP contribution in [0.5, 0.6) is 0 Å². The molecule has 6 nitrogen and oxygen atoms in total.